The molecule has 4 heteroatoms. The Balaban J connectivity index is 1.84. The quantitative estimate of drug-likeness (QED) is 0.871. The Kier molecular flexibility index (Phi) is 4.75. The smallest absolute Gasteiger partial charge is 0.118 e. The predicted octanol–water partition coefficient (Wildman–Crippen LogP) is 2.97. The number of methoxy groups -OCH3 is 1. The van der Waals surface area contributed by atoms with E-state index in [0.29, 0.717) is 13.2 Å². The number of rotatable bonds is 6. The summed E-state index contributed by atoms with van der Waals surface area (Å²) in [6, 6.07) is 9.74. The Morgan fingerprint density at radius 3 is 2.56 bits per heavy atom. The summed E-state index contributed by atoms with van der Waals surface area (Å²) < 4.78 is 10.7. The van der Waals surface area contributed by atoms with E-state index >= 15 is 0 Å². The van der Waals surface area contributed by atoms with Crippen LogP contribution in [-0.2, 0) is 24.6 Å². The van der Waals surface area contributed by atoms with Crippen LogP contribution in [0.5, 0.6) is 5.75 Å². The SMILES string of the molecule is COc1ccc(COCc2sccc2CO)cc1. The van der Waals surface area contributed by atoms with Crippen molar-refractivity contribution in [2.24, 2.45) is 0 Å². The molecule has 96 valence electrons. The highest BCUT2D eigenvalue weighted by Gasteiger charge is 2.03. The van der Waals surface area contributed by atoms with Crippen LogP contribution in [-0.4, -0.2) is 12.2 Å². The summed E-state index contributed by atoms with van der Waals surface area (Å²) in [4.78, 5) is 1.09. The number of benzene rings is 1. The molecule has 1 aromatic carbocycles. The fraction of sp³-hybridized carbons (Fsp3) is 0.286. The number of aliphatic hydroxyl groups is 1. The van der Waals surface area contributed by atoms with Gasteiger partial charge in [-0.25, -0.2) is 0 Å². The topological polar surface area (TPSA) is 38.7 Å². The van der Waals surface area contributed by atoms with Crippen LogP contribution in [0.15, 0.2) is 35.7 Å². The van der Waals surface area contributed by atoms with Crippen molar-refractivity contribution in [3.8, 4) is 5.75 Å². The van der Waals surface area contributed by atoms with E-state index in [4.69, 9.17) is 14.6 Å². The molecule has 2 aromatic rings. The maximum atomic E-state index is 9.12. The monoisotopic (exact) mass is 264 g/mol. The van der Waals surface area contributed by atoms with Crippen LogP contribution in [0.4, 0.5) is 0 Å². The molecule has 0 aliphatic carbocycles. The summed E-state index contributed by atoms with van der Waals surface area (Å²) >= 11 is 1.61. The summed E-state index contributed by atoms with van der Waals surface area (Å²) in [6.07, 6.45) is 0. The minimum atomic E-state index is 0.0741. The third-order valence-corrected chi connectivity index (χ3v) is 3.61. The van der Waals surface area contributed by atoms with Crippen LogP contribution < -0.4 is 4.74 Å². The summed E-state index contributed by atoms with van der Waals surface area (Å²) in [5, 5.41) is 11.1. The van der Waals surface area contributed by atoms with Crippen molar-refractivity contribution < 1.29 is 14.6 Å². The first kappa shape index (κ1) is 13.1. The van der Waals surface area contributed by atoms with Gasteiger partial charge in [-0.3, -0.25) is 0 Å². The van der Waals surface area contributed by atoms with E-state index in [9.17, 15) is 0 Å². The normalized spacial score (nSPS) is 10.6. The molecule has 0 aliphatic heterocycles. The molecule has 1 aromatic heterocycles. The zero-order valence-electron chi connectivity index (χ0n) is 10.3. The molecule has 0 saturated heterocycles. The van der Waals surface area contributed by atoms with Gasteiger partial charge in [-0.15, -0.1) is 11.3 Å². The second-order valence-corrected chi connectivity index (χ2v) is 4.87. The first-order chi connectivity index (χ1) is 8.83. The minimum absolute atomic E-state index is 0.0741. The predicted molar refractivity (Wildman–Crippen MR) is 71.7 cm³/mol. The molecule has 3 nitrogen and oxygen atoms in total. The second kappa shape index (κ2) is 6.54. The van der Waals surface area contributed by atoms with Gasteiger partial charge < -0.3 is 14.6 Å². The molecule has 0 fully saturated rings. The molecule has 0 spiro atoms. The van der Waals surface area contributed by atoms with E-state index in [1.807, 2.05) is 35.7 Å². The largest absolute Gasteiger partial charge is 0.497 e. The van der Waals surface area contributed by atoms with Crippen LogP contribution in [0.25, 0.3) is 0 Å². The van der Waals surface area contributed by atoms with E-state index in [0.717, 1.165) is 21.8 Å². The van der Waals surface area contributed by atoms with E-state index in [2.05, 4.69) is 0 Å². The van der Waals surface area contributed by atoms with Gasteiger partial charge in [-0.2, -0.15) is 0 Å². The van der Waals surface area contributed by atoms with E-state index < -0.39 is 0 Å². The Labute approximate surface area is 111 Å². The van der Waals surface area contributed by atoms with E-state index in [1.54, 1.807) is 18.4 Å². The summed E-state index contributed by atoms with van der Waals surface area (Å²) in [6.45, 7) is 1.18. The summed E-state index contributed by atoms with van der Waals surface area (Å²) in [5.41, 5.74) is 2.06. The maximum absolute atomic E-state index is 9.12. The lowest BCUT2D eigenvalue weighted by atomic mass is 10.2. The molecule has 1 heterocycles. The molecule has 0 atom stereocenters. The van der Waals surface area contributed by atoms with Crippen molar-refractivity contribution in [2.45, 2.75) is 19.8 Å². The van der Waals surface area contributed by atoms with Gasteiger partial charge >= 0.3 is 0 Å². The molecule has 0 amide bonds. The Morgan fingerprint density at radius 1 is 1.11 bits per heavy atom. The summed E-state index contributed by atoms with van der Waals surface area (Å²) in [5.74, 6) is 0.847. The summed E-state index contributed by atoms with van der Waals surface area (Å²) in [7, 11) is 1.65. The van der Waals surface area contributed by atoms with Crippen molar-refractivity contribution in [3.63, 3.8) is 0 Å². The lowest BCUT2D eigenvalue weighted by molar-refractivity contribution is 0.108. The Hall–Kier alpha value is -1.36. The number of aliphatic hydroxyl groups excluding tert-OH is 1. The van der Waals surface area contributed by atoms with Crippen LogP contribution in [0.2, 0.25) is 0 Å². The third kappa shape index (κ3) is 3.32. The molecule has 1 N–H and O–H groups in total. The first-order valence-electron chi connectivity index (χ1n) is 5.70. The van der Waals surface area contributed by atoms with Gasteiger partial charge in [-0.05, 0) is 34.7 Å². The zero-order valence-corrected chi connectivity index (χ0v) is 11.1. The maximum Gasteiger partial charge on any atom is 0.118 e. The molecule has 18 heavy (non-hydrogen) atoms. The van der Waals surface area contributed by atoms with Crippen LogP contribution in [0.1, 0.15) is 16.0 Å². The minimum Gasteiger partial charge on any atom is -0.497 e. The van der Waals surface area contributed by atoms with Gasteiger partial charge in [0.05, 0.1) is 26.9 Å². The van der Waals surface area contributed by atoms with Crippen molar-refractivity contribution >= 4 is 11.3 Å². The molecule has 0 unspecified atom stereocenters. The number of ether oxygens (including phenoxy) is 2. The molecule has 0 bridgehead atoms. The average molecular weight is 264 g/mol. The molecular weight excluding hydrogens is 248 g/mol. The number of hydrogen-bond donors (Lipinski definition) is 1. The molecule has 0 saturated carbocycles. The molecule has 0 radical (unpaired) electrons. The Morgan fingerprint density at radius 2 is 1.89 bits per heavy atom. The average Bonchev–Trinajstić information content (AvgIpc) is 2.87. The third-order valence-electron chi connectivity index (χ3n) is 2.67. The molecule has 0 aliphatic rings. The van der Waals surface area contributed by atoms with Gasteiger partial charge in [0.2, 0.25) is 0 Å². The lowest BCUT2D eigenvalue weighted by Crippen LogP contribution is -1.95. The van der Waals surface area contributed by atoms with Crippen molar-refractivity contribution in [1.29, 1.82) is 0 Å². The van der Waals surface area contributed by atoms with Gasteiger partial charge in [-0.1, -0.05) is 12.1 Å². The van der Waals surface area contributed by atoms with E-state index in [1.165, 1.54) is 0 Å². The van der Waals surface area contributed by atoms with Gasteiger partial charge in [0.15, 0.2) is 0 Å². The number of thiophene rings is 1. The lowest BCUT2D eigenvalue weighted by Gasteiger charge is -2.05. The fourth-order valence-electron chi connectivity index (χ4n) is 1.62. The van der Waals surface area contributed by atoms with Gasteiger partial charge in [0, 0.05) is 4.88 Å². The van der Waals surface area contributed by atoms with Crippen molar-refractivity contribution in [3.05, 3.63) is 51.7 Å². The second-order valence-electron chi connectivity index (χ2n) is 3.87. The number of hydrogen-bond acceptors (Lipinski definition) is 4. The zero-order chi connectivity index (χ0) is 12.8. The van der Waals surface area contributed by atoms with Crippen LogP contribution in [0.3, 0.4) is 0 Å². The molecular formula is C14H16O3S. The standard InChI is InChI=1S/C14H16O3S/c1-16-13-4-2-11(3-5-13)9-17-10-14-12(8-15)6-7-18-14/h2-7,15H,8-10H2,1H3. The Bertz CT molecular complexity index is 476. The van der Waals surface area contributed by atoms with Gasteiger partial charge in [0.1, 0.15) is 5.75 Å². The van der Waals surface area contributed by atoms with Gasteiger partial charge in [0.25, 0.3) is 0 Å². The highest BCUT2D eigenvalue weighted by molar-refractivity contribution is 7.10. The van der Waals surface area contributed by atoms with Crippen LogP contribution in [0, 0.1) is 0 Å². The molecule has 2 rings (SSSR count). The first-order valence-corrected chi connectivity index (χ1v) is 6.58. The van der Waals surface area contributed by atoms with Crippen molar-refractivity contribution in [1.82, 2.24) is 0 Å². The van der Waals surface area contributed by atoms with Crippen LogP contribution >= 0.6 is 11.3 Å². The highest BCUT2D eigenvalue weighted by Crippen LogP contribution is 2.19. The fourth-order valence-corrected chi connectivity index (χ4v) is 2.45. The van der Waals surface area contributed by atoms with E-state index in [-0.39, 0.29) is 6.61 Å². The highest BCUT2D eigenvalue weighted by atomic mass is 32.1. The van der Waals surface area contributed by atoms with Crippen molar-refractivity contribution in [2.75, 3.05) is 7.11 Å².